The smallest absolute Gasteiger partial charge is 0.306 e. The van der Waals surface area contributed by atoms with Gasteiger partial charge in [-0.25, -0.2) is 0 Å². The summed E-state index contributed by atoms with van der Waals surface area (Å²) < 4.78 is 5.13. The molecular weight excluding hydrogens is 248 g/mol. The highest BCUT2D eigenvalue weighted by Crippen LogP contribution is 2.10. The first-order valence-corrected chi connectivity index (χ1v) is 8.61. The summed E-state index contributed by atoms with van der Waals surface area (Å²) in [7, 11) is 0. The van der Waals surface area contributed by atoms with E-state index in [1.807, 2.05) is 6.08 Å². The highest BCUT2D eigenvalue weighted by atomic mass is 16.5. The van der Waals surface area contributed by atoms with Crippen molar-refractivity contribution in [2.75, 3.05) is 6.61 Å². The molecule has 0 radical (unpaired) electrons. The van der Waals surface area contributed by atoms with Crippen molar-refractivity contribution in [1.29, 1.82) is 0 Å². The van der Waals surface area contributed by atoms with E-state index < -0.39 is 0 Å². The molecule has 0 fully saturated rings. The molecule has 0 saturated carbocycles. The normalized spacial score (nSPS) is 11.1. The minimum atomic E-state index is -0.0471. The Balaban J connectivity index is 3.19. The molecule has 0 unspecified atom stereocenters. The molecule has 0 bridgehead atoms. The quantitative estimate of drug-likeness (QED) is 0.228. The van der Waals surface area contributed by atoms with Gasteiger partial charge >= 0.3 is 5.97 Å². The topological polar surface area (TPSA) is 26.3 Å². The minimum Gasteiger partial charge on any atom is -0.461 e. The lowest BCUT2D eigenvalue weighted by Crippen LogP contribution is -2.03. The first-order valence-electron chi connectivity index (χ1n) is 8.61. The first kappa shape index (κ1) is 19.2. The second-order valence-corrected chi connectivity index (χ2v) is 5.52. The van der Waals surface area contributed by atoms with Gasteiger partial charge in [-0.05, 0) is 12.8 Å². The molecule has 0 aliphatic rings. The van der Waals surface area contributed by atoms with Gasteiger partial charge in [-0.2, -0.15) is 0 Å². The predicted molar refractivity (Wildman–Crippen MR) is 86.9 cm³/mol. The zero-order valence-corrected chi connectivity index (χ0v) is 13.7. The molecule has 0 aromatic carbocycles. The third-order valence-electron chi connectivity index (χ3n) is 3.45. The molecule has 0 N–H and O–H groups in total. The Morgan fingerprint density at radius 1 is 0.800 bits per heavy atom. The zero-order chi connectivity index (χ0) is 14.9. The van der Waals surface area contributed by atoms with Crippen LogP contribution in [0.15, 0.2) is 12.2 Å². The van der Waals surface area contributed by atoms with Gasteiger partial charge in [0.1, 0.15) is 6.61 Å². The van der Waals surface area contributed by atoms with Gasteiger partial charge < -0.3 is 4.74 Å². The molecule has 0 aliphatic carbocycles. The van der Waals surface area contributed by atoms with Gasteiger partial charge in [-0.15, -0.1) is 0 Å². The molecule has 118 valence electrons. The Kier molecular flexibility index (Phi) is 15.6. The van der Waals surface area contributed by atoms with Crippen LogP contribution in [0.2, 0.25) is 0 Å². The van der Waals surface area contributed by atoms with E-state index in [1.54, 1.807) is 0 Å². The van der Waals surface area contributed by atoms with E-state index in [0.29, 0.717) is 13.0 Å². The average molecular weight is 282 g/mol. The van der Waals surface area contributed by atoms with Crippen LogP contribution in [0.1, 0.15) is 90.9 Å². The number of hydrogen-bond donors (Lipinski definition) is 0. The van der Waals surface area contributed by atoms with E-state index in [9.17, 15) is 4.79 Å². The molecule has 2 nitrogen and oxygen atoms in total. The third-order valence-corrected chi connectivity index (χ3v) is 3.45. The Morgan fingerprint density at radius 3 is 2.00 bits per heavy atom. The van der Waals surface area contributed by atoms with Crippen molar-refractivity contribution in [1.82, 2.24) is 0 Å². The number of esters is 1. The van der Waals surface area contributed by atoms with E-state index in [0.717, 1.165) is 25.7 Å². The van der Waals surface area contributed by atoms with Crippen LogP contribution in [-0.4, -0.2) is 12.6 Å². The fourth-order valence-electron chi connectivity index (χ4n) is 2.15. The van der Waals surface area contributed by atoms with Crippen LogP contribution in [0.5, 0.6) is 0 Å². The van der Waals surface area contributed by atoms with Crippen LogP contribution in [0.4, 0.5) is 0 Å². The van der Waals surface area contributed by atoms with Crippen LogP contribution in [-0.2, 0) is 9.53 Å². The van der Waals surface area contributed by atoms with E-state index in [2.05, 4.69) is 19.9 Å². The lowest BCUT2D eigenvalue weighted by molar-refractivity contribution is -0.142. The second-order valence-electron chi connectivity index (χ2n) is 5.52. The van der Waals surface area contributed by atoms with Crippen molar-refractivity contribution in [2.24, 2.45) is 0 Å². The summed E-state index contributed by atoms with van der Waals surface area (Å²) in [4.78, 5) is 11.4. The Labute approximate surface area is 126 Å². The van der Waals surface area contributed by atoms with Gasteiger partial charge in [0.05, 0.1) is 0 Å². The van der Waals surface area contributed by atoms with Crippen LogP contribution in [0.25, 0.3) is 0 Å². The van der Waals surface area contributed by atoms with Gasteiger partial charge in [0, 0.05) is 6.42 Å². The maximum absolute atomic E-state index is 11.4. The summed E-state index contributed by atoms with van der Waals surface area (Å²) in [5.41, 5.74) is 0. The van der Waals surface area contributed by atoms with E-state index in [1.165, 1.54) is 44.9 Å². The number of ether oxygens (including phenoxy) is 1. The predicted octanol–water partition coefficient (Wildman–Crippen LogP) is 5.81. The average Bonchev–Trinajstić information content (AvgIpc) is 2.45. The van der Waals surface area contributed by atoms with Crippen LogP contribution < -0.4 is 0 Å². The van der Waals surface area contributed by atoms with Crippen molar-refractivity contribution in [3.05, 3.63) is 12.2 Å². The van der Waals surface area contributed by atoms with Crippen molar-refractivity contribution < 1.29 is 9.53 Å². The van der Waals surface area contributed by atoms with Crippen LogP contribution >= 0.6 is 0 Å². The van der Waals surface area contributed by atoms with Crippen molar-refractivity contribution >= 4 is 5.97 Å². The SMILES string of the molecule is CCC/C=C/COC(=O)CCCCCCCCCCC. The largest absolute Gasteiger partial charge is 0.461 e. The van der Waals surface area contributed by atoms with Crippen LogP contribution in [0.3, 0.4) is 0 Å². The lowest BCUT2D eigenvalue weighted by atomic mass is 10.1. The molecule has 20 heavy (non-hydrogen) atoms. The van der Waals surface area contributed by atoms with E-state index in [-0.39, 0.29) is 5.97 Å². The Bertz CT molecular complexity index is 234. The highest BCUT2D eigenvalue weighted by molar-refractivity contribution is 5.69. The van der Waals surface area contributed by atoms with Crippen LogP contribution in [0, 0.1) is 0 Å². The molecular formula is C18H34O2. The van der Waals surface area contributed by atoms with Gasteiger partial charge in [-0.1, -0.05) is 83.8 Å². The highest BCUT2D eigenvalue weighted by Gasteiger charge is 2.01. The number of unbranched alkanes of at least 4 members (excludes halogenated alkanes) is 9. The fraction of sp³-hybridized carbons (Fsp3) is 0.833. The molecule has 0 rings (SSSR count). The van der Waals surface area contributed by atoms with E-state index >= 15 is 0 Å². The van der Waals surface area contributed by atoms with Crippen molar-refractivity contribution in [2.45, 2.75) is 90.9 Å². The number of allylic oxidation sites excluding steroid dienone is 1. The monoisotopic (exact) mass is 282 g/mol. The van der Waals surface area contributed by atoms with Gasteiger partial charge in [0.25, 0.3) is 0 Å². The molecule has 0 amide bonds. The number of hydrogen-bond acceptors (Lipinski definition) is 2. The number of carbonyl (C=O) groups excluding carboxylic acids is 1. The molecule has 0 atom stereocenters. The molecule has 0 aliphatic heterocycles. The Hall–Kier alpha value is -0.790. The summed E-state index contributed by atoms with van der Waals surface area (Å²) in [6, 6.07) is 0. The molecule has 0 spiro atoms. The molecule has 0 saturated heterocycles. The minimum absolute atomic E-state index is 0.0471. The Morgan fingerprint density at radius 2 is 1.40 bits per heavy atom. The summed E-state index contributed by atoms with van der Waals surface area (Å²) >= 11 is 0. The summed E-state index contributed by atoms with van der Waals surface area (Å²) in [6.07, 6.45) is 18.3. The number of rotatable bonds is 14. The third kappa shape index (κ3) is 15.3. The van der Waals surface area contributed by atoms with Gasteiger partial charge in [-0.3, -0.25) is 4.79 Å². The molecule has 2 heteroatoms. The van der Waals surface area contributed by atoms with Gasteiger partial charge in [0.2, 0.25) is 0 Å². The standard InChI is InChI=1S/C18H34O2/c1-3-5-7-9-10-11-12-13-14-16-18(19)20-17-15-8-6-4-2/h8,15H,3-7,9-14,16-17H2,1-2H3/b15-8+. The fourth-order valence-corrected chi connectivity index (χ4v) is 2.15. The molecule has 0 aromatic heterocycles. The first-order chi connectivity index (χ1) is 9.81. The van der Waals surface area contributed by atoms with Crippen molar-refractivity contribution in [3.8, 4) is 0 Å². The maximum Gasteiger partial charge on any atom is 0.306 e. The zero-order valence-electron chi connectivity index (χ0n) is 13.7. The lowest BCUT2D eigenvalue weighted by Gasteiger charge is -2.03. The molecule has 0 aromatic rings. The summed E-state index contributed by atoms with van der Waals surface area (Å²) in [5.74, 6) is -0.0471. The maximum atomic E-state index is 11.4. The molecule has 0 heterocycles. The summed E-state index contributed by atoms with van der Waals surface area (Å²) in [5, 5.41) is 0. The van der Waals surface area contributed by atoms with E-state index in [4.69, 9.17) is 4.74 Å². The van der Waals surface area contributed by atoms with Gasteiger partial charge in [0.15, 0.2) is 0 Å². The summed E-state index contributed by atoms with van der Waals surface area (Å²) in [6.45, 7) is 4.83. The second kappa shape index (κ2) is 16.3. The van der Waals surface area contributed by atoms with Crippen molar-refractivity contribution in [3.63, 3.8) is 0 Å². The number of carbonyl (C=O) groups is 1.